The molecule has 0 aliphatic heterocycles. The third kappa shape index (κ3) is 27.2. The monoisotopic (exact) mass is 458 g/mol. The summed E-state index contributed by atoms with van der Waals surface area (Å²) in [6.07, 6.45) is 27.2. The van der Waals surface area contributed by atoms with Crippen molar-refractivity contribution in [3.8, 4) is 0 Å². The summed E-state index contributed by atoms with van der Waals surface area (Å²) in [7, 11) is 0. The molecule has 0 saturated carbocycles. The smallest absolute Gasteiger partial charge is 0.432 e. The van der Waals surface area contributed by atoms with Gasteiger partial charge in [-0.2, -0.15) is 4.89 Å². The Kier molecular flexibility index (Phi) is 27.5. The van der Waals surface area contributed by atoms with Crippen LogP contribution in [-0.4, -0.2) is 19.4 Å². The van der Waals surface area contributed by atoms with Crippen molar-refractivity contribution < 1.29 is 24.3 Å². The molecule has 0 aromatic rings. The Bertz CT molecular complexity index is 362. The van der Waals surface area contributed by atoms with Gasteiger partial charge in [0.15, 0.2) is 0 Å². The number of hydrogen-bond donors (Lipinski definition) is 0. The predicted molar refractivity (Wildman–Crippen MR) is 132 cm³/mol. The minimum Gasteiger partial charge on any atom is -0.432 e. The second-order valence-electron chi connectivity index (χ2n) is 9.14. The molecule has 0 amide bonds. The highest BCUT2D eigenvalue weighted by Crippen LogP contribution is 2.12. The molecular weight excluding hydrogens is 404 g/mol. The maximum atomic E-state index is 11.4. The largest absolute Gasteiger partial charge is 0.542 e. The lowest BCUT2D eigenvalue weighted by Crippen LogP contribution is -2.10. The number of ether oxygens (including phenoxy) is 1. The first-order valence-corrected chi connectivity index (χ1v) is 13.9. The van der Waals surface area contributed by atoms with E-state index in [-0.39, 0.29) is 0 Å². The molecule has 0 spiro atoms. The molecule has 0 bridgehead atoms. The van der Waals surface area contributed by atoms with Gasteiger partial charge < -0.3 is 4.74 Å². The van der Waals surface area contributed by atoms with E-state index in [0.717, 1.165) is 25.7 Å². The van der Waals surface area contributed by atoms with Crippen molar-refractivity contribution in [2.24, 2.45) is 0 Å². The number of rotatable bonds is 26. The lowest BCUT2D eigenvalue weighted by molar-refractivity contribution is -0.486. The summed E-state index contributed by atoms with van der Waals surface area (Å²) < 4.78 is 4.97. The van der Waals surface area contributed by atoms with E-state index < -0.39 is 6.16 Å². The standard InChI is InChI=1S/C27H54O5/c1-3-5-7-9-11-13-15-16-18-20-22-24-26-30-32-31-27(28)29-25-23-21-19-17-14-12-10-8-6-4-2/h3-26H2,1-2H3. The Labute approximate surface area is 199 Å². The van der Waals surface area contributed by atoms with Crippen LogP contribution in [0, 0.1) is 0 Å². The summed E-state index contributed by atoms with van der Waals surface area (Å²) in [6.45, 7) is 5.32. The first-order valence-electron chi connectivity index (χ1n) is 13.9. The average molecular weight is 459 g/mol. The fraction of sp³-hybridized carbons (Fsp3) is 0.963. The van der Waals surface area contributed by atoms with E-state index in [2.05, 4.69) is 23.8 Å². The van der Waals surface area contributed by atoms with Crippen molar-refractivity contribution in [2.45, 2.75) is 155 Å². The molecule has 0 aliphatic rings. The topological polar surface area (TPSA) is 54.0 Å². The van der Waals surface area contributed by atoms with Gasteiger partial charge in [-0.15, -0.1) is 0 Å². The van der Waals surface area contributed by atoms with Gasteiger partial charge in [0.05, 0.1) is 13.2 Å². The van der Waals surface area contributed by atoms with E-state index in [1.54, 1.807) is 0 Å². The quantitative estimate of drug-likeness (QED) is 0.0559. The molecule has 192 valence electrons. The zero-order valence-electron chi connectivity index (χ0n) is 21.5. The maximum absolute atomic E-state index is 11.4. The van der Waals surface area contributed by atoms with E-state index in [1.165, 1.54) is 116 Å². The zero-order valence-corrected chi connectivity index (χ0v) is 21.5. The Hall–Kier alpha value is -0.810. The van der Waals surface area contributed by atoms with Crippen LogP contribution in [0.5, 0.6) is 0 Å². The molecule has 32 heavy (non-hydrogen) atoms. The predicted octanol–water partition coefficient (Wildman–Crippen LogP) is 9.62. The van der Waals surface area contributed by atoms with Gasteiger partial charge in [0.25, 0.3) is 0 Å². The fourth-order valence-electron chi connectivity index (χ4n) is 3.86. The minimum atomic E-state index is -0.824. The van der Waals surface area contributed by atoms with Gasteiger partial charge in [0, 0.05) is 0 Å². The highest BCUT2D eigenvalue weighted by molar-refractivity contribution is 5.58. The van der Waals surface area contributed by atoms with Crippen LogP contribution in [0.25, 0.3) is 0 Å². The molecule has 0 saturated heterocycles. The van der Waals surface area contributed by atoms with Crippen LogP contribution in [0.15, 0.2) is 0 Å². The van der Waals surface area contributed by atoms with Crippen molar-refractivity contribution in [2.75, 3.05) is 13.2 Å². The summed E-state index contributed by atoms with van der Waals surface area (Å²) in [5.41, 5.74) is 0. The molecule has 0 atom stereocenters. The van der Waals surface area contributed by atoms with Crippen molar-refractivity contribution in [1.82, 2.24) is 0 Å². The summed E-state index contributed by atoms with van der Waals surface area (Å²) in [6, 6.07) is 0. The van der Waals surface area contributed by atoms with Crippen LogP contribution in [0.3, 0.4) is 0 Å². The van der Waals surface area contributed by atoms with E-state index in [0.29, 0.717) is 13.2 Å². The van der Waals surface area contributed by atoms with E-state index in [4.69, 9.17) is 9.62 Å². The third-order valence-electron chi connectivity index (χ3n) is 5.95. The normalized spacial score (nSPS) is 11.1. The van der Waals surface area contributed by atoms with Crippen LogP contribution < -0.4 is 0 Å². The molecule has 0 fully saturated rings. The molecule has 0 aromatic carbocycles. The summed E-state index contributed by atoms with van der Waals surface area (Å²) >= 11 is 0. The Morgan fingerprint density at radius 1 is 0.469 bits per heavy atom. The van der Waals surface area contributed by atoms with E-state index >= 15 is 0 Å². The highest BCUT2D eigenvalue weighted by atomic mass is 17.5. The molecule has 0 unspecified atom stereocenters. The van der Waals surface area contributed by atoms with Crippen LogP contribution in [0.1, 0.15) is 155 Å². The van der Waals surface area contributed by atoms with E-state index in [1.807, 2.05) is 0 Å². The van der Waals surface area contributed by atoms with Crippen molar-refractivity contribution in [1.29, 1.82) is 0 Å². The van der Waals surface area contributed by atoms with Crippen LogP contribution in [-0.2, 0) is 19.6 Å². The van der Waals surface area contributed by atoms with E-state index in [9.17, 15) is 4.79 Å². The van der Waals surface area contributed by atoms with Gasteiger partial charge in [-0.25, -0.2) is 9.68 Å². The van der Waals surface area contributed by atoms with Crippen molar-refractivity contribution >= 4 is 6.16 Å². The number of carbonyl (C=O) groups is 1. The van der Waals surface area contributed by atoms with Gasteiger partial charge in [0.2, 0.25) is 0 Å². The van der Waals surface area contributed by atoms with Crippen molar-refractivity contribution in [3.05, 3.63) is 0 Å². The Balaban J connectivity index is 3.13. The summed E-state index contributed by atoms with van der Waals surface area (Å²) in [5, 5.41) is 4.47. The maximum Gasteiger partial charge on any atom is 0.542 e. The third-order valence-corrected chi connectivity index (χ3v) is 5.95. The summed E-state index contributed by atoms with van der Waals surface area (Å²) in [5.74, 6) is 0. The van der Waals surface area contributed by atoms with Gasteiger partial charge in [-0.1, -0.05) is 142 Å². The van der Waals surface area contributed by atoms with Gasteiger partial charge in [0.1, 0.15) is 0 Å². The molecule has 0 aliphatic carbocycles. The van der Waals surface area contributed by atoms with Gasteiger partial charge in [-0.3, -0.25) is 0 Å². The molecular formula is C27H54O5. The van der Waals surface area contributed by atoms with Gasteiger partial charge >= 0.3 is 6.16 Å². The fourth-order valence-corrected chi connectivity index (χ4v) is 3.86. The first kappa shape index (κ1) is 31.2. The van der Waals surface area contributed by atoms with Crippen LogP contribution in [0.2, 0.25) is 0 Å². The lowest BCUT2D eigenvalue weighted by Gasteiger charge is -2.05. The average Bonchev–Trinajstić information content (AvgIpc) is 2.80. The molecule has 5 nitrogen and oxygen atoms in total. The molecule has 0 rings (SSSR count). The summed E-state index contributed by atoms with van der Waals surface area (Å²) in [4.78, 5) is 20.7. The SMILES string of the molecule is CCCCCCCCCCCCCCOOOC(=O)OCCCCCCCCCCCC. The molecule has 0 aromatic heterocycles. The molecule has 0 heterocycles. The molecule has 5 heteroatoms. The highest BCUT2D eigenvalue weighted by Gasteiger charge is 2.05. The zero-order chi connectivity index (χ0) is 23.4. The Morgan fingerprint density at radius 2 is 0.812 bits per heavy atom. The molecule has 0 radical (unpaired) electrons. The van der Waals surface area contributed by atoms with Gasteiger partial charge in [-0.05, 0) is 17.9 Å². The van der Waals surface area contributed by atoms with Crippen LogP contribution in [0.4, 0.5) is 4.79 Å². The molecule has 0 N–H and O–H groups in total. The van der Waals surface area contributed by atoms with Crippen LogP contribution >= 0.6 is 0 Å². The lowest BCUT2D eigenvalue weighted by atomic mass is 10.1. The number of hydrogen-bond acceptors (Lipinski definition) is 5. The Morgan fingerprint density at radius 3 is 1.22 bits per heavy atom. The second kappa shape index (κ2) is 28.2. The van der Waals surface area contributed by atoms with Crippen molar-refractivity contribution in [3.63, 3.8) is 0 Å². The number of unbranched alkanes of at least 4 members (excludes halogenated alkanes) is 20. The minimum absolute atomic E-state index is 0.372. The number of carbonyl (C=O) groups excluding carboxylic acids is 1. The second-order valence-corrected chi connectivity index (χ2v) is 9.14. The first-order chi connectivity index (χ1) is 15.8.